The van der Waals surface area contributed by atoms with Crippen LogP contribution in [0.15, 0.2) is 30.3 Å². The SMILES string of the molecule is C[Si](C)(Cl)C[Si](C)(C)C[Si](Cl)(Cl)c1ccccc1. The molecule has 0 aliphatic carbocycles. The van der Waals surface area contributed by atoms with Crippen molar-refractivity contribution in [2.75, 3.05) is 0 Å². The van der Waals surface area contributed by atoms with E-state index in [-0.39, 0.29) is 0 Å². The average molecular weight is 356 g/mol. The molecule has 0 aromatic heterocycles. The molecule has 0 aliphatic heterocycles. The van der Waals surface area contributed by atoms with E-state index in [9.17, 15) is 0 Å². The maximum Gasteiger partial charge on any atom is 0.278 e. The van der Waals surface area contributed by atoms with Gasteiger partial charge in [-0.15, -0.1) is 22.2 Å². The molecule has 1 aromatic rings. The fourth-order valence-electron chi connectivity index (χ4n) is 2.59. The van der Waals surface area contributed by atoms with E-state index < -0.39 is 22.2 Å². The quantitative estimate of drug-likeness (QED) is 0.512. The zero-order chi connectivity index (χ0) is 14.0. The van der Waals surface area contributed by atoms with Crippen molar-refractivity contribution in [1.29, 1.82) is 0 Å². The van der Waals surface area contributed by atoms with Crippen molar-refractivity contribution in [3.05, 3.63) is 30.3 Å². The first-order valence-corrected chi connectivity index (χ1v) is 18.0. The molecule has 0 atom stereocenters. The van der Waals surface area contributed by atoms with E-state index in [2.05, 4.69) is 38.3 Å². The van der Waals surface area contributed by atoms with E-state index in [4.69, 9.17) is 33.2 Å². The third kappa shape index (κ3) is 5.80. The Morgan fingerprint density at radius 3 is 1.78 bits per heavy atom. The summed E-state index contributed by atoms with van der Waals surface area (Å²) in [6.07, 6.45) is 0. The Morgan fingerprint density at radius 2 is 1.33 bits per heavy atom. The third-order valence-corrected chi connectivity index (χ3v) is 21.7. The van der Waals surface area contributed by atoms with Gasteiger partial charge in [-0.05, 0) is 16.5 Å². The lowest BCUT2D eigenvalue weighted by atomic mass is 10.4. The van der Waals surface area contributed by atoms with E-state index >= 15 is 0 Å². The fourth-order valence-corrected chi connectivity index (χ4v) is 30.1. The van der Waals surface area contributed by atoms with E-state index in [1.807, 2.05) is 18.2 Å². The second kappa shape index (κ2) is 6.02. The summed E-state index contributed by atoms with van der Waals surface area (Å²) >= 11 is 19.9. The summed E-state index contributed by atoms with van der Waals surface area (Å²) in [5.41, 5.74) is 2.15. The van der Waals surface area contributed by atoms with Gasteiger partial charge < -0.3 is 0 Å². The Kier molecular flexibility index (Phi) is 5.62. The van der Waals surface area contributed by atoms with Gasteiger partial charge in [-0.1, -0.05) is 56.5 Å². The molecule has 0 bridgehead atoms. The Labute approximate surface area is 128 Å². The number of benzene rings is 1. The monoisotopic (exact) mass is 354 g/mol. The highest BCUT2D eigenvalue weighted by atomic mass is 35.7. The van der Waals surface area contributed by atoms with Crippen molar-refractivity contribution in [3.63, 3.8) is 0 Å². The molecule has 0 saturated carbocycles. The van der Waals surface area contributed by atoms with Crippen molar-refractivity contribution in [1.82, 2.24) is 0 Å². The number of hydrogen-bond donors (Lipinski definition) is 0. The summed E-state index contributed by atoms with van der Waals surface area (Å²) in [5.74, 6) is 0. The second-order valence-corrected chi connectivity index (χ2v) is 26.4. The molecule has 0 nitrogen and oxygen atoms in total. The molecule has 0 radical (unpaired) electrons. The topological polar surface area (TPSA) is 0 Å². The minimum absolute atomic E-state index is 0.982. The number of rotatable bonds is 5. The Morgan fingerprint density at radius 1 is 0.833 bits per heavy atom. The van der Waals surface area contributed by atoms with Crippen LogP contribution in [0.25, 0.3) is 0 Å². The van der Waals surface area contributed by atoms with Crippen molar-refractivity contribution in [3.8, 4) is 0 Å². The van der Waals surface area contributed by atoms with Gasteiger partial charge in [-0.2, -0.15) is 11.1 Å². The largest absolute Gasteiger partial charge is 0.278 e. The highest BCUT2D eigenvalue weighted by Crippen LogP contribution is 2.33. The molecule has 0 saturated heterocycles. The predicted molar refractivity (Wildman–Crippen MR) is 94.0 cm³/mol. The lowest BCUT2D eigenvalue weighted by molar-refractivity contribution is 1.52. The minimum atomic E-state index is -2.34. The van der Waals surface area contributed by atoms with Crippen molar-refractivity contribution in [2.45, 2.75) is 37.5 Å². The van der Waals surface area contributed by atoms with Crippen LogP contribution < -0.4 is 5.19 Å². The van der Waals surface area contributed by atoms with Crippen molar-refractivity contribution < 1.29 is 0 Å². The average Bonchev–Trinajstić information content (AvgIpc) is 2.13. The van der Waals surface area contributed by atoms with Crippen LogP contribution in [0.4, 0.5) is 0 Å². The molecular formula is C12H21Cl3Si3. The first kappa shape index (κ1) is 16.8. The third-order valence-electron chi connectivity index (χ3n) is 2.80. The smallest absolute Gasteiger partial charge is 0.168 e. The molecule has 18 heavy (non-hydrogen) atoms. The molecular weight excluding hydrogens is 335 g/mol. The molecule has 0 fully saturated rings. The second-order valence-electron chi connectivity index (χ2n) is 6.31. The lowest BCUT2D eigenvalue weighted by Gasteiger charge is -2.32. The Balaban J connectivity index is 2.83. The fraction of sp³-hybridized carbons (Fsp3) is 0.500. The molecule has 0 heterocycles. The number of halogens is 3. The van der Waals surface area contributed by atoms with Crippen molar-refractivity contribution in [2.24, 2.45) is 0 Å². The van der Waals surface area contributed by atoms with Gasteiger partial charge in [0.1, 0.15) is 7.38 Å². The molecule has 0 spiro atoms. The zero-order valence-corrected chi connectivity index (χ0v) is 16.7. The highest BCUT2D eigenvalue weighted by Gasteiger charge is 2.41. The zero-order valence-electron chi connectivity index (χ0n) is 11.4. The highest BCUT2D eigenvalue weighted by molar-refractivity contribution is 7.53. The van der Waals surface area contributed by atoms with Crippen molar-refractivity contribution >= 4 is 60.6 Å². The first-order valence-electron chi connectivity index (χ1n) is 6.14. The normalized spacial score (nSPS) is 13.7. The van der Waals surface area contributed by atoms with E-state index in [1.54, 1.807) is 0 Å². The summed E-state index contributed by atoms with van der Waals surface area (Å²) in [6, 6.07) is 10.1. The van der Waals surface area contributed by atoms with Gasteiger partial charge in [0.05, 0.1) is 0 Å². The van der Waals surface area contributed by atoms with Gasteiger partial charge in [0.25, 0.3) is 6.69 Å². The Bertz CT molecular complexity index is 385. The van der Waals surface area contributed by atoms with Crippen LogP contribution in [0.2, 0.25) is 37.5 Å². The summed E-state index contributed by atoms with van der Waals surface area (Å²) in [6.45, 7) is 6.79. The van der Waals surface area contributed by atoms with Gasteiger partial charge in [0.15, 0.2) is 0 Å². The van der Waals surface area contributed by atoms with Crippen LogP contribution in [0.5, 0.6) is 0 Å². The molecule has 1 aromatic carbocycles. The summed E-state index contributed by atoms with van der Waals surface area (Å²) in [4.78, 5) is 0. The van der Waals surface area contributed by atoms with Crippen LogP contribution >= 0.6 is 33.2 Å². The summed E-state index contributed by atoms with van der Waals surface area (Å²) < 4.78 is 0. The van der Waals surface area contributed by atoms with Gasteiger partial charge in [0.2, 0.25) is 0 Å². The van der Waals surface area contributed by atoms with E-state index in [1.165, 1.54) is 5.67 Å². The van der Waals surface area contributed by atoms with Gasteiger partial charge >= 0.3 is 0 Å². The molecule has 0 N–H and O–H groups in total. The van der Waals surface area contributed by atoms with Crippen LogP contribution in [-0.4, -0.2) is 22.2 Å². The van der Waals surface area contributed by atoms with Gasteiger partial charge in [0, 0.05) is 8.07 Å². The van der Waals surface area contributed by atoms with Gasteiger partial charge in [-0.25, -0.2) is 0 Å². The van der Waals surface area contributed by atoms with E-state index in [0.29, 0.717) is 0 Å². The maximum absolute atomic E-state index is 6.69. The minimum Gasteiger partial charge on any atom is -0.168 e. The predicted octanol–water partition coefficient (Wildman–Crippen LogP) is 5.04. The molecule has 0 unspecified atom stereocenters. The molecule has 0 aliphatic rings. The van der Waals surface area contributed by atoms with Crippen LogP contribution in [0.3, 0.4) is 0 Å². The molecule has 6 heteroatoms. The number of hydrogen-bond acceptors (Lipinski definition) is 0. The lowest BCUT2D eigenvalue weighted by Crippen LogP contribution is -2.47. The van der Waals surface area contributed by atoms with E-state index in [0.717, 1.165) is 10.9 Å². The van der Waals surface area contributed by atoms with Crippen LogP contribution in [0.1, 0.15) is 0 Å². The van der Waals surface area contributed by atoms with Crippen LogP contribution in [-0.2, 0) is 0 Å². The first-order chi connectivity index (χ1) is 8.02. The molecule has 1 rings (SSSR count). The summed E-state index contributed by atoms with van der Waals surface area (Å²) in [5, 5.41) is 1.13. The standard InChI is InChI=1S/C12H21Cl3Si3/c1-16(2,10-17(3,4)13)11-18(14,15)12-8-6-5-7-9-12/h5-9H,10-11H2,1-4H3. The Hall–Kier alpha value is 0.741. The van der Waals surface area contributed by atoms with Crippen LogP contribution in [0, 0.1) is 0 Å². The maximum atomic E-state index is 6.69. The van der Waals surface area contributed by atoms with Gasteiger partial charge in [-0.3, -0.25) is 0 Å². The molecule has 102 valence electrons. The summed E-state index contributed by atoms with van der Waals surface area (Å²) in [7, 11) is -2.98. The molecule has 0 amide bonds.